The summed E-state index contributed by atoms with van der Waals surface area (Å²) >= 11 is 0. The molecule has 10 nitrogen and oxygen atoms in total. The Labute approximate surface area is 222 Å². The van der Waals surface area contributed by atoms with E-state index in [-0.39, 0.29) is 29.1 Å². The van der Waals surface area contributed by atoms with Crippen LogP contribution in [-0.4, -0.2) is 29.8 Å². The van der Waals surface area contributed by atoms with Gasteiger partial charge < -0.3 is 25.0 Å². The number of aromatic hydroxyl groups is 1. The largest absolute Gasteiger partial charge is 0.504 e. The molecule has 1 aromatic heterocycles. The molecule has 3 aromatic rings. The highest BCUT2D eigenvalue weighted by atomic mass is 16.5. The number of nitrogens with zero attached hydrogens (tertiary/aromatic N) is 4. The van der Waals surface area contributed by atoms with Gasteiger partial charge in [-0.15, -0.1) is 0 Å². The Kier molecular flexibility index (Phi) is 11.4. The lowest BCUT2D eigenvalue weighted by molar-refractivity contribution is 0.316. The number of hydrazine groups is 1. The highest BCUT2D eigenvalue weighted by Gasteiger charge is 2.16. The highest BCUT2D eigenvalue weighted by molar-refractivity contribution is 5.86. The van der Waals surface area contributed by atoms with Crippen molar-refractivity contribution in [3.8, 4) is 22.8 Å². The Morgan fingerprint density at radius 3 is 2.45 bits per heavy atom. The fourth-order valence-corrected chi connectivity index (χ4v) is 4.12. The number of hydrogen-bond acceptors (Lipinski definition) is 8. The third-order valence-corrected chi connectivity index (χ3v) is 6.09. The summed E-state index contributed by atoms with van der Waals surface area (Å²) in [6, 6.07) is 13.6. The van der Waals surface area contributed by atoms with Crippen molar-refractivity contribution < 1.29 is 14.3 Å². The van der Waals surface area contributed by atoms with Gasteiger partial charge in [-0.2, -0.15) is 0 Å². The molecule has 2 aromatic carbocycles. The van der Waals surface area contributed by atoms with Gasteiger partial charge in [0.2, 0.25) is 5.75 Å². The van der Waals surface area contributed by atoms with Gasteiger partial charge in [-0.1, -0.05) is 74.0 Å². The van der Waals surface area contributed by atoms with Crippen LogP contribution < -0.4 is 21.7 Å². The molecule has 0 aliphatic carbocycles. The molecule has 0 aliphatic rings. The molecule has 0 bridgehead atoms. The second-order valence-electron chi connectivity index (χ2n) is 9.14. The van der Waals surface area contributed by atoms with Gasteiger partial charge in [-0.3, -0.25) is 4.79 Å². The van der Waals surface area contributed by atoms with Crippen molar-refractivity contribution in [1.29, 1.82) is 0 Å². The minimum atomic E-state index is -0.239. The van der Waals surface area contributed by atoms with Crippen LogP contribution in [-0.2, 0) is 0 Å². The summed E-state index contributed by atoms with van der Waals surface area (Å²) < 4.78 is 11.8. The average molecular weight is 521 g/mol. The van der Waals surface area contributed by atoms with Gasteiger partial charge in [0.25, 0.3) is 0 Å². The monoisotopic (exact) mass is 520 g/mol. The van der Waals surface area contributed by atoms with Gasteiger partial charge in [0, 0.05) is 35.8 Å². The van der Waals surface area contributed by atoms with Crippen LogP contribution in [0.2, 0.25) is 0 Å². The average Bonchev–Trinajstić information content (AvgIpc) is 2.91. The number of phenolic OH excluding ortho intramolecular Hbond substituents is 1. The first kappa shape index (κ1) is 28.4. The Morgan fingerprint density at radius 2 is 1.74 bits per heavy atom. The maximum atomic E-state index is 12.7. The molecule has 10 heteroatoms. The van der Waals surface area contributed by atoms with E-state index < -0.39 is 0 Å². The summed E-state index contributed by atoms with van der Waals surface area (Å²) in [5.41, 5.74) is 15.4. The van der Waals surface area contributed by atoms with Crippen molar-refractivity contribution in [2.45, 2.75) is 51.4 Å². The van der Waals surface area contributed by atoms with E-state index in [0.29, 0.717) is 29.9 Å². The molecule has 5 N–H and O–H groups in total. The fraction of sp³-hybridized carbons (Fsp3) is 0.393. The van der Waals surface area contributed by atoms with Gasteiger partial charge in [0.15, 0.2) is 16.8 Å². The van der Waals surface area contributed by atoms with E-state index in [0.717, 1.165) is 44.1 Å². The highest BCUT2D eigenvalue weighted by Crippen LogP contribution is 2.35. The molecule has 0 unspecified atom stereocenters. The van der Waals surface area contributed by atoms with Gasteiger partial charge in [0.05, 0.1) is 11.1 Å². The van der Waals surface area contributed by atoms with Crippen LogP contribution in [0.1, 0.15) is 51.4 Å². The Bertz CT molecular complexity index is 1300. The zero-order chi connectivity index (χ0) is 27.2. The third-order valence-electron chi connectivity index (χ3n) is 6.09. The van der Waals surface area contributed by atoms with E-state index in [9.17, 15) is 9.90 Å². The Hall–Kier alpha value is -4.14. The number of rotatable bonds is 16. The lowest BCUT2D eigenvalue weighted by atomic mass is 10.1. The third kappa shape index (κ3) is 8.76. The number of fused-ring (bicyclic) bond motifs is 1. The van der Waals surface area contributed by atoms with Gasteiger partial charge in [0.1, 0.15) is 12.4 Å². The van der Waals surface area contributed by atoms with E-state index in [2.05, 4.69) is 10.0 Å². The zero-order valence-electron chi connectivity index (χ0n) is 21.6. The molecule has 202 valence electrons. The molecule has 3 rings (SSSR count). The van der Waals surface area contributed by atoms with E-state index in [4.69, 9.17) is 26.3 Å². The number of azide groups is 1. The van der Waals surface area contributed by atoms with Crippen LogP contribution in [0.15, 0.2) is 74.8 Å². The van der Waals surface area contributed by atoms with Crippen LogP contribution in [0.4, 0.5) is 0 Å². The molecular formula is C28H36N6O4. The maximum Gasteiger partial charge on any atom is 0.205 e. The minimum absolute atomic E-state index is 0.0423. The predicted octanol–water partition coefficient (Wildman–Crippen LogP) is 5.95. The van der Waals surface area contributed by atoms with Crippen LogP contribution in [0.5, 0.6) is 11.5 Å². The summed E-state index contributed by atoms with van der Waals surface area (Å²) in [4.78, 5) is 15.5. The molecule has 0 spiro atoms. The van der Waals surface area contributed by atoms with Crippen molar-refractivity contribution in [1.82, 2.24) is 5.01 Å². The predicted molar refractivity (Wildman–Crippen MR) is 149 cm³/mol. The molecule has 0 fully saturated rings. The molecule has 0 saturated carbocycles. The standard InChI is InChI=1S/C28H36N6O4/c29-22(19-34(31)17-11-6-4-2-1-3-5-10-16-32-33-30)20-37-28-24(35)15-14-23-25(36)18-26(38-27(23)28)21-12-8-7-9-13-21/h7-9,12-15,18-19,35H,1-6,10-11,16-17,20,29,31H2/b22-19-. The van der Waals surface area contributed by atoms with E-state index in [1.165, 1.54) is 36.0 Å². The normalized spacial score (nSPS) is 11.3. The van der Waals surface area contributed by atoms with Crippen LogP contribution in [0.25, 0.3) is 32.7 Å². The van der Waals surface area contributed by atoms with Crippen LogP contribution in [0.3, 0.4) is 0 Å². The number of unbranched alkanes of at least 4 members (excludes halogenated alkanes) is 7. The van der Waals surface area contributed by atoms with E-state index in [1.807, 2.05) is 30.3 Å². The maximum absolute atomic E-state index is 12.7. The Balaban J connectivity index is 1.49. The molecule has 0 aliphatic heterocycles. The first-order valence-electron chi connectivity index (χ1n) is 13.0. The summed E-state index contributed by atoms with van der Waals surface area (Å²) in [5, 5.41) is 15.8. The van der Waals surface area contributed by atoms with Crippen molar-refractivity contribution >= 4 is 11.0 Å². The molecule has 1 heterocycles. The van der Waals surface area contributed by atoms with Crippen molar-refractivity contribution in [3.63, 3.8) is 0 Å². The number of nitrogens with two attached hydrogens (primary N) is 2. The molecule has 0 radical (unpaired) electrons. The first-order chi connectivity index (χ1) is 18.5. The fourth-order valence-electron chi connectivity index (χ4n) is 4.12. The topological polar surface area (TPSA) is 164 Å². The van der Waals surface area contributed by atoms with Crippen LogP contribution >= 0.6 is 0 Å². The lowest BCUT2D eigenvalue weighted by Gasteiger charge is -2.16. The minimum Gasteiger partial charge on any atom is -0.504 e. The smallest absolute Gasteiger partial charge is 0.205 e. The van der Waals surface area contributed by atoms with Crippen LogP contribution in [0, 0.1) is 0 Å². The zero-order valence-corrected chi connectivity index (χ0v) is 21.6. The number of phenols is 1. The van der Waals surface area contributed by atoms with Crippen molar-refractivity contribution in [2.24, 2.45) is 16.7 Å². The molecule has 0 saturated heterocycles. The Morgan fingerprint density at radius 1 is 1.05 bits per heavy atom. The summed E-state index contributed by atoms with van der Waals surface area (Å²) in [6.07, 6.45) is 10.3. The second kappa shape index (κ2) is 15.2. The number of benzene rings is 2. The molecular weight excluding hydrogens is 484 g/mol. The van der Waals surface area contributed by atoms with E-state index >= 15 is 0 Å². The van der Waals surface area contributed by atoms with Gasteiger partial charge in [-0.25, -0.2) is 5.84 Å². The number of hydrogen-bond donors (Lipinski definition) is 3. The first-order valence-corrected chi connectivity index (χ1v) is 13.0. The van der Waals surface area contributed by atoms with Gasteiger partial charge in [-0.05, 0) is 30.5 Å². The van der Waals surface area contributed by atoms with Crippen molar-refractivity contribution in [2.75, 3.05) is 19.7 Å². The second-order valence-corrected chi connectivity index (χ2v) is 9.14. The lowest BCUT2D eigenvalue weighted by Crippen LogP contribution is -2.28. The molecule has 38 heavy (non-hydrogen) atoms. The summed E-state index contributed by atoms with van der Waals surface area (Å²) in [6.45, 7) is 1.19. The quantitative estimate of drug-likeness (QED) is 0.0524. The molecule has 0 amide bonds. The summed E-state index contributed by atoms with van der Waals surface area (Å²) in [7, 11) is 0. The van der Waals surface area contributed by atoms with E-state index in [1.54, 1.807) is 6.20 Å². The molecule has 0 atom stereocenters. The number of ether oxygens (including phenoxy) is 1. The summed E-state index contributed by atoms with van der Waals surface area (Å²) in [5.74, 6) is 6.34. The SMILES string of the molecule is [N-]=[N+]=NCCCCCCCCCCN(N)/C=C(\N)COc1c(O)ccc2c(=O)cc(-c3ccccc3)oc12. The van der Waals surface area contributed by atoms with Gasteiger partial charge >= 0.3 is 0 Å². The van der Waals surface area contributed by atoms with Crippen molar-refractivity contribution in [3.05, 3.63) is 81.1 Å².